The molecule has 8 nitrogen and oxygen atoms in total. The van der Waals surface area contributed by atoms with Gasteiger partial charge < -0.3 is 9.30 Å². The Bertz CT molecular complexity index is 1240. The number of hydrogen-bond donors (Lipinski definition) is 1. The van der Waals surface area contributed by atoms with Crippen LogP contribution >= 0.6 is 0 Å². The number of rotatable bonds is 6. The van der Waals surface area contributed by atoms with Crippen molar-refractivity contribution in [3.8, 4) is 23.2 Å². The number of benzene rings is 1. The van der Waals surface area contributed by atoms with Crippen molar-refractivity contribution >= 4 is 26.7 Å². The van der Waals surface area contributed by atoms with Gasteiger partial charge in [-0.3, -0.25) is 4.72 Å². The number of aromatic nitrogens is 3. The molecule has 9 heteroatoms. The third kappa shape index (κ3) is 3.83. The van der Waals surface area contributed by atoms with Gasteiger partial charge in [-0.25, -0.2) is 8.42 Å². The molecular weight excluding hydrogens is 402 g/mol. The Balaban J connectivity index is 1.89. The summed E-state index contributed by atoms with van der Waals surface area (Å²) in [5, 5.41) is 19.0. The average Bonchev–Trinajstić information content (AvgIpc) is 2.93. The second-order valence-electron chi connectivity index (χ2n) is 7.81. The molecule has 1 aliphatic rings. The highest BCUT2D eigenvalue weighted by molar-refractivity contribution is 7.92. The third-order valence-electron chi connectivity index (χ3n) is 5.10. The fourth-order valence-corrected chi connectivity index (χ4v) is 4.22. The molecule has 156 valence electrons. The van der Waals surface area contributed by atoms with Crippen LogP contribution in [0.2, 0.25) is 0 Å². The lowest BCUT2D eigenvalue weighted by Crippen LogP contribution is -2.18. The van der Waals surface area contributed by atoms with Crippen molar-refractivity contribution in [1.29, 1.82) is 5.26 Å². The lowest BCUT2D eigenvalue weighted by molar-refractivity contribution is 0.242. The van der Waals surface area contributed by atoms with Gasteiger partial charge in [0.15, 0.2) is 5.82 Å². The monoisotopic (exact) mass is 425 g/mol. The first kappa shape index (κ1) is 20.2. The highest BCUT2D eigenvalue weighted by Crippen LogP contribution is 2.42. The molecule has 1 fully saturated rings. The van der Waals surface area contributed by atoms with E-state index >= 15 is 0 Å². The predicted octanol–water partition coefficient (Wildman–Crippen LogP) is 3.85. The van der Waals surface area contributed by atoms with E-state index < -0.39 is 10.0 Å². The number of hydrogen-bond acceptors (Lipinski definition) is 6. The van der Waals surface area contributed by atoms with Crippen molar-refractivity contribution in [2.24, 2.45) is 0 Å². The molecule has 2 heterocycles. The van der Waals surface area contributed by atoms with Crippen molar-refractivity contribution in [1.82, 2.24) is 14.8 Å². The quantitative estimate of drug-likeness (QED) is 0.642. The molecule has 0 spiro atoms. The maximum absolute atomic E-state index is 11.4. The summed E-state index contributed by atoms with van der Waals surface area (Å²) in [6.45, 7) is 3.95. The molecular formula is C21H23N5O3S. The van der Waals surface area contributed by atoms with Gasteiger partial charge in [-0.1, -0.05) is 0 Å². The molecule has 0 atom stereocenters. The van der Waals surface area contributed by atoms with Gasteiger partial charge in [-0.2, -0.15) is 5.26 Å². The molecule has 1 aliphatic carbocycles. The fourth-order valence-electron chi connectivity index (χ4n) is 3.73. The van der Waals surface area contributed by atoms with Gasteiger partial charge in [-0.05, 0) is 57.4 Å². The van der Waals surface area contributed by atoms with Crippen LogP contribution in [-0.2, 0) is 10.0 Å². The van der Waals surface area contributed by atoms with Gasteiger partial charge in [0.2, 0.25) is 10.0 Å². The molecule has 30 heavy (non-hydrogen) atoms. The first-order valence-electron chi connectivity index (χ1n) is 9.83. The number of nitrogens with one attached hydrogen (secondary N) is 1. The maximum atomic E-state index is 11.4. The Morgan fingerprint density at radius 1 is 1.23 bits per heavy atom. The average molecular weight is 426 g/mol. The van der Waals surface area contributed by atoms with Crippen LogP contribution in [0, 0.1) is 11.3 Å². The normalized spacial score (nSPS) is 14.5. The number of ether oxygens (including phenoxy) is 1. The van der Waals surface area contributed by atoms with Crippen molar-refractivity contribution in [2.75, 3.05) is 11.0 Å². The van der Waals surface area contributed by atoms with E-state index in [1.54, 1.807) is 12.1 Å². The highest BCUT2D eigenvalue weighted by Gasteiger charge is 2.28. The Hall–Kier alpha value is -3.12. The number of nitrogens with zero attached hydrogens (tertiary/aromatic N) is 4. The lowest BCUT2D eigenvalue weighted by Gasteiger charge is -2.30. The summed E-state index contributed by atoms with van der Waals surface area (Å²) in [6.07, 6.45) is 4.29. The Kier molecular flexibility index (Phi) is 5.12. The summed E-state index contributed by atoms with van der Waals surface area (Å²) in [4.78, 5) is 0. The van der Waals surface area contributed by atoms with Crippen LogP contribution in [0.1, 0.15) is 44.7 Å². The van der Waals surface area contributed by atoms with E-state index in [1.807, 2.05) is 32.0 Å². The number of anilines is 1. The Labute approximate surface area is 175 Å². The molecule has 1 saturated carbocycles. The van der Waals surface area contributed by atoms with Crippen LogP contribution in [-0.4, -0.2) is 35.5 Å². The van der Waals surface area contributed by atoms with Crippen molar-refractivity contribution in [3.05, 3.63) is 35.9 Å². The van der Waals surface area contributed by atoms with Gasteiger partial charge in [0.1, 0.15) is 17.5 Å². The molecule has 1 aromatic carbocycles. The first-order chi connectivity index (χ1) is 14.3. The summed E-state index contributed by atoms with van der Waals surface area (Å²) in [6, 6.07) is 11.6. The molecule has 3 aromatic rings. The van der Waals surface area contributed by atoms with E-state index in [9.17, 15) is 13.7 Å². The summed E-state index contributed by atoms with van der Waals surface area (Å²) in [5.74, 6) is 0.893. The zero-order valence-corrected chi connectivity index (χ0v) is 17.9. The largest absolute Gasteiger partial charge is 0.491 e. The van der Waals surface area contributed by atoms with E-state index in [1.165, 1.54) is 0 Å². The van der Waals surface area contributed by atoms with Crippen LogP contribution in [0.15, 0.2) is 30.3 Å². The van der Waals surface area contributed by atoms with Crippen molar-refractivity contribution in [3.63, 3.8) is 0 Å². The van der Waals surface area contributed by atoms with Crippen LogP contribution < -0.4 is 9.46 Å². The summed E-state index contributed by atoms with van der Waals surface area (Å²) in [5.41, 5.74) is 2.70. The van der Waals surface area contributed by atoms with Gasteiger partial charge in [0.05, 0.1) is 29.1 Å². The summed E-state index contributed by atoms with van der Waals surface area (Å²) >= 11 is 0. The second kappa shape index (κ2) is 7.61. The van der Waals surface area contributed by atoms with Gasteiger partial charge in [0.25, 0.3) is 0 Å². The number of fused-ring (bicyclic) bond motifs is 1. The minimum atomic E-state index is -3.44. The molecule has 0 unspecified atom stereocenters. The fraction of sp³-hybridized carbons (Fsp3) is 0.381. The molecule has 0 amide bonds. The van der Waals surface area contributed by atoms with Crippen LogP contribution in [0.4, 0.5) is 5.82 Å². The van der Waals surface area contributed by atoms with Crippen molar-refractivity contribution < 1.29 is 13.2 Å². The summed E-state index contributed by atoms with van der Waals surface area (Å²) in [7, 11) is -3.44. The standard InChI is InChI=1S/C21H23N5O3S/c1-13(2)29-15-7-8-16-17(12-22)21(26(19(16)11-15)14-5-4-6-14)18-9-10-20(24-23-18)25-30(3,27)28/h7-11,13-14H,4-6H2,1-3H3,(H,24,25). The molecule has 0 aliphatic heterocycles. The van der Waals surface area contributed by atoms with E-state index in [0.29, 0.717) is 17.0 Å². The maximum Gasteiger partial charge on any atom is 0.231 e. The van der Waals surface area contributed by atoms with Crippen LogP contribution in [0.3, 0.4) is 0 Å². The Morgan fingerprint density at radius 3 is 2.53 bits per heavy atom. The van der Waals surface area contributed by atoms with E-state index in [2.05, 4.69) is 25.6 Å². The smallest absolute Gasteiger partial charge is 0.231 e. The molecule has 4 rings (SSSR count). The van der Waals surface area contributed by atoms with E-state index in [0.717, 1.165) is 42.2 Å². The topological polar surface area (TPSA) is 110 Å². The predicted molar refractivity (Wildman–Crippen MR) is 115 cm³/mol. The van der Waals surface area contributed by atoms with Gasteiger partial charge in [0, 0.05) is 17.5 Å². The minimum Gasteiger partial charge on any atom is -0.491 e. The zero-order chi connectivity index (χ0) is 21.5. The molecule has 0 radical (unpaired) electrons. The molecule has 1 N–H and O–H groups in total. The second-order valence-corrected chi connectivity index (χ2v) is 9.56. The SMILES string of the molecule is CC(C)Oc1ccc2c(C#N)c(-c3ccc(NS(C)(=O)=O)nn3)n(C3CCC3)c2c1. The van der Waals surface area contributed by atoms with Gasteiger partial charge in [-0.15, -0.1) is 10.2 Å². The van der Waals surface area contributed by atoms with E-state index in [4.69, 9.17) is 4.74 Å². The molecule has 0 bridgehead atoms. The Morgan fingerprint density at radius 2 is 2.00 bits per heavy atom. The number of sulfonamides is 1. The van der Waals surface area contributed by atoms with Crippen LogP contribution in [0.5, 0.6) is 5.75 Å². The molecule has 2 aromatic heterocycles. The van der Waals surface area contributed by atoms with Gasteiger partial charge >= 0.3 is 0 Å². The highest BCUT2D eigenvalue weighted by atomic mass is 32.2. The van der Waals surface area contributed by atoms with Crippen molar-refractivity contribution in [2.45, 2.75) is 45.3 Å². The molecule has 0 saturated heterocycles. The zero-order valence-electron chi connectivity index (χ0n) is 17.1. The first-order valence-corrected chi connectivity index (χ1v) is 11.7. The minimum absolute atomic E-state index is 0.0465. The van der Waals surface area contributed by atoms with Crippen LogP contribution in [0.25, 0.3) is 22.3 Å². The number of nitriles is 1. The summed E-state index contributed by atoms with van der Waals surface area (Å²) < 4.78 is 33.2. The van der Waals surface area contributed by atoms with E-state index in [-0.39, 0.29) is 18.0 Å². The third-order valence-corrected chi connectivity index (χ3v) is 5.68. The lowest BCUT2D eigenvalue weighted by atomic mass is 9.92.